The number of anilines is 2. The van der Waals surface area contributed by atoms with Crippen molar-refractivity contribution in [2.24, 2.45) is 0 Å². The van der Waals surface area contributed by atoms with Gasteiger partial charge in [-0.3, -0.25) is 4.90 Å². The summed E-state index contributed by atoms with van der Waals surface area (Å²) in [5.74, 6) is -1.08. The molecular weight excluding hydrogens is 414 g/mol. The first-order chi connectivity index (χ1) is 14.5. The number of carbonyl (C=O) groups is 1. The van der Waals surface area contributed by atoms with Crippen molar-refractivity contribution in [3.63, 3.8) is 0 Å². The van der Waals surface area contributed by atoms with Crippen LogP contribution in [0.5, 0.6) is 5.75 Å². The van der Waals surface area contributed by atoms with Gasteiger partial charge < -0.3 is 15.2 Å². The van der Waals surface area contributed by atoms with Crippen LogP contribution in [0.1, 0.15) is 16.7 Å². The molecule has 1 aliphatic heterocycles. The van der Waals surface area contributed by atoms with E-state index in [0.717, 1.165) is 17.7 Å². The highest BCUT2D eigenvalue weighted by Gasteiger charge is 2.26. The molecule has 2 N–H and O–H groups in total. The first kappa shape index (κ1) is 20.1. The minimum absolute atomic E-state index is 0.124. The number of halogens is 3. The fourth-order valence-corrected chi connectivity index (χ4v) is 3.43. The number of benzene rings is 3. The molecule has 3 aromatic rings. The number of rotatable bonds is 5. The Morgan fingerprint density at radius 1 is 1.10 bits per heavy atom. The zero-order valence-corrected chi connectivity index (χ0v) is 16.4. The van der Waals surface area contributed by atoms with Crippen LogP contribution in [0.4, 0.5) is 25.0 Å². The van der Waals surface area contributed by atoms with Crippen LogP contribution in [-0.2, 0) is 19.8 Å². The van der Waals surface area contributed by atoms with Crippen LogP contribution in [-0.4, -0.2) is 11.1 Å². The Labute approximate surface area is 176 Å². The number of hydrogen-bond acceptors (Lipinski definition) is 3. The van der Waals surface area contributed by atoms with Crippen molar-refractivity contribution in [2.45, 2.75) is 19.8 Å². The van der Waals surface area contributed by atoms with Crippen molar-refractivity contribution in [1.29, 1.82) is 0 Å². The maximum absolute atomic E-state index is 13.8. The number of urea groups is 1. The number of ether oxygens (including phenoxy) is 1. The SMILES string of the molecule is O=C1Nc2cc(CO)ccc2CN1c1cc(OCc2c(F)cccc2F)ccc1Cl. The smallest absolute Gasteiger partial charge is 0.326 e. The summed E-state index contributed by atoms with van der Waals surface area (Å²) in [5.41, 5.74) is 2.39. The van der Waals surface area contributed by atoms with Crippen LogP contribution in [0.25, 0.3) is 0 Å². The van der Waals surface area contributed by atoms with Gasteiger partial charge in [0.25, 0.3) is 0 Å². The van der Waals surface area contributed by atoms with Crippen LogP contribution in [0, 0.1) is 11.6 Å². The molecule has 30 heavy (non-hydrogen) atoms. The molecule has 0 unspecified atom stereocenters. The molecule has 0 fully saturated rings. The van der Waals surface area contributed by atoms with Gasteiger partial charge in [-0.2, -0.15) is 0 Å². The second-order valence-electron chi connectivity index (χ2n) is 6.77. The quantitative estimate of drug-likeness (QED) is 0.581. The molecular formula is C22H17ClF2N2O3. The summed E-state index contributed by atoms with van der Waals surface area (Å²) in [6.07, 6.45) is 0. The molecule has 0 spiro atoms. The Kier molecular flexibility index (Phi) is 5.57. The molecule has 1 heterocycles. The predicted molar refractivity (Wildman–Crippen MR) is 110 cm³/mol. The maximum Gasteiger partial charge on any atom is 0.326 e. The standard InChI is InChI=1S/C22H17ClF2N2O3/c23-17-7-6-15(30-12-16-18(24)2-1-3-19(16)25)9-21(17)27-10-14-5-4-13(11-28)8-20(14)26-22(27)29/h1-9,28H,10-12H2,(H,26,29). The van der Waals surface area contributed by atoms with Crippen LogP contribution in [0.2, 0.25) is 5.02 Å². The number of nitrogens with one attached hydrogen (secondary N) is 1. The highest BCUT2D eigenvalue weighted by Crippen LogP contribution is 2.35. The lowest BCUT2D eigenvalue weighted by Gasteiger charge is -2.30. The maximum atomic E-state index is 13.8. The minimum Gasteiger partial charge on any atom is -0.489 e. The summed E-state index contributed by atoms with van der Waals surface area (Å²) in [4.78, 5) is 14.1. The zero-order valence-electron chi connectivity index (χ0n) is 15.7. The van der Waals surface area contributed by atoms with Crippen LogP contribution in [0.3, 0.4) is 0 Å². The van der Waals surface area contributed by atoms with Gasteiger partial charge >= 0.3 is 6.03 Å². The number of hydrogen-bond donors (Lipinski definition) is 2. The van der Waals surface area contributed by atoms with E-state index in [9.17, 15) is 18.7 Å². The molecule has 0 radical (unpaired) electrons. The molecule has 0 saturated carbocycles. The normalized spacial score (nSPS) is 13.1. The molecule has 4 rings (SSSR count). The van der Waals surface area contributed by atoms with Gasteiger partial charge in [-0.15, -0.1) is 0 Å². The third-order valence-corrected chi connectivity index (χ3v) is 5.14. The van der Waals surface area contributed by atoms with Crippen molar-refractivity contribution in [3.05, 3.63) is 87.9 Å². The van der Waals surface area contributed by atoms with Gasteiger partial charge in [0.1, 0.15) is 24.0 Å². The van der Waals surface area contributed by atoms with Crippen molar-refractivity contribution in [1.82, 2.24) is 0 Å². The van der Waals surface area contributed by atoms with E-state index in [4.69, 9.17) is 16.3 Å². The molecule has 1 aliphatic rings. The molecule has 3 aromatic carbocycles. The Morgan fingerprint density at radius 2 is 1.87 bits per heavy atom. The molecule has 0 aromatic heterocycles. The number of amides is 2. The number of carbonyl (C=O) groups excluding carboxylic acids is 1. The summed E-state index contributed by atoms with van der Waals surface area (Å²) in [6.45, 7) is -0.169. The van der Waals surface area contributed by atoms with E-state index < -0.39 is 17.7 Å². The Balaban J connectivity index is 1.58. The number of aliphatic hydroxyl groups excluding tert-OH is 1. The van der Waals surface area contributed by atoms with E-state index >= 15 is 0 Å². The van der Waals surface area contributed by atoms with Gasteiger partial charge in [-0.25, -0.2) is 13.6 Å². The molecule has 154 valence electrons. The molecule has 0 aliphatic carbocycles. The number of nitrogens with zero attached hydrogens (tertiary/aromatic N) is 1. The molecule has 8 heteroatoms. The van der Waals surface area contributed by atoms with E-state index in [1.54, 1.807) is 30.3 Å². The largest absolute Gasteiger partial charge is 0.489 e. The second-order valence-corrected chi connectivity index (χ2v) is 7.18. The van der Waals surface area contributed by atoms with Crippen molar-refractivity contribution >= 4 is 29.0 Å². The van der Waals surface area contributed by atoms with E-state index in [0.29, 0.717) is 27.7 Å². The van der Waals surface area contributed by atoms with Gasteiger partial charge in [0, 0.05) is 11.8 Å². The topological polar surface area (TPSA) is 61.8 Å². The van der Waals surface area contributed by atoms with Crippen LogP contribution in [0.15, 0.2) is 54.6 Å². The third-order valence-electron chi connectivity index (χ3n) is 4.83. The first-order valence-electron chi connectivity index (χ1n) is 9.12. The number of fused-ring (bicyclic) bond motifs is 1. The second kappa shape index (κ2) is 8.30. The monoisotopic (exact) mass is 430 g/mol. The van der Waals surface area contributed by atoms with E-state index in [-0.39, 0.29) is 25.3 Å². The summed E-state index contributed by atoms with van der Waals surface area (Å²) < 4.78 is 33.2. The lowest BCUT2D eigenvalue weighted by molar-refractivity contribution is 0.256. The van der Waals surface area contributed by atoms with Gasteiger partial charge in [0.15, 0.2) is 0 Å². The Morgan fingerprint density at radius 3 is 2.60 bits per heavy atom. The number of aliphatic hydroxyl groups is 1. The molecule has 2 amide bonds. The molecule has 0 atom stereocenters. The average Bonchev–Trinajstić information content (AvgIpc) is 2.73. The third kappa shape index (κ3) is 3.94. The molecule has 0 bridgehead atoms. The summed E-state index contributed by atoms with van der Waals surface area (Å²) in [7, 11) is 0. The summed E-state index contributed by atoms with van der Waals surface area (Å²) >= 11 is 6.31. The van der Waals surface area contributed by atoms with E-state index in [1.165, 1.54) is 11.0 Å². The highest BCUT2D eigenvalue weighted by molar-refractivity contribution is 6.34. The fourth-order valence-electron chi connectivity index (χ4n) is 3.21. The van der Waals surface area contributed by atoms with Crippen molar-refractivity contribution in [3.8, 4) is 5.75 Å². The lowest BCUT2D eigenvalue weighted by atomic mass is 10.1. The lowest BCUT2D eigenvalue weighted by Crippen LogP contribution is -2.38. The van der Waals surface area contributed by atoms with Crippen LogP contribution >= 0.6 is 11.6 Å². The van der Waals surface area contributed by atoms with Crippen molar-refractivity contribution < 1.29 is 23.4 Å². The highest BCUT2D eigenvalue weighted by atomic mass is 35.5. The van der Waals surface area contributed by atoms with Crippen molar-refractivity contribution in [2.75, 3.05) is 10.2 Å². The predicted octanol–water partition coefficient (Wildman–Crippen LogP) is 5.24. The van der Waals surface area contributed by atoms with E-state index in [2.05, 4.69) is 5.32 Å². The van der Waals surface area contributed by atoms with Gasteiger partial charge in [-0.1, -0.05) is 29.8 Å². The fraction of sp³-hybridized carbons (Fsp3) is 0.136. The minimum atomic E-state index is -0.696. The Bertz CT molecular complexity index is 1100. The Hall–Kier alpha value is -3.16. The zero-order chi connectivity index (χ0) is 21.3. The summed E-state index contributed by atoms with van der Waals surface area (Å²) in [6, 6.07) is 13.2. The average molecular weight is 431 g/mol. The van der Waals surface area contributed by atoms with Gasteiger partial charge in [-0.05, 0) is 41.5 Å². The first-order valence-corrected chi connectivity index (χ1v) is 9.50. The van der Waals surface area contributed by atoms with Crippen LogP contribution < -0.4 is 15.0 Å². The summed E-state index contributed by atoms with van der Waals surface area (Å²) in [5, 5.41) is 12.4. The van der Waals surface area contributed by atoms with Gasteiger partial charge in [0.05, 0.1) is 29.4 Å². The van der Waals surface area contributed by atoms with Gasteiger partial charge in [0.2, 0.25) is 0 Å². The molecule has 0 saturated heterocycles. The van der Waals surface area contributed by atoms with E-state index in [1.807, 2.05) is 6.07 Å². The molecule has 5 nitrogen and oxygen atoms in total.